The van der Waals surface area contributed by atoms with Gasteiger partial charge in [-0.1, -0.05) is 0 Å². The predicted octanol–water partition coefficient (Wildman–Crippen LogP) is 0.210. The SMILES string of the molecule is CC(O)Cn1c(=O)[nH]c2cc(F)ccc2c1=O. The van der Waals surface area contributed by atoms with E-state index >= 15 is 0 Å². The number of aromatic nitrogens is 2. The minimum atomic E-state index is -0.813. The minimum Gasteiger partial charge on any atom is -0.392 e. The van der Waals surface area contributed by atoms with Crippen LogP contribution in [0.25, 0.3) is 10.9 Å². The molecule has 0 saturated carbocycles. The van der Waals surface area contributed by atoms with E-state index in [2.05, 4.69) is 4.98 Å². The Morgan fingerprint density at radius 2 is 2.18 bits per heavy atom. The van der Waals surface area contributed by atoms with Crippen molar-refractivity contribution in [1.29, 1.82) is 0 Å². The van der Waals surface area contributed by atoms with Crippen molar-refractivity contribution in [2.24, 2.45) is 0 Å². The Morgan fingerprint density at radius 1 is 1.47 bits per heavy atom. The Balaban J connectivity index is 2.77. The summed E-state index contributed by atoms with van der Waals surface area (Å²) in [5, 5.41) is 9.41. The van der Waals surface area contributed by atoms with Gasteiger partial charge < -0.3 is 10.1 Å². The van der Waals surface area contributed by atoms with Crippen LogP contribution in [0, 0.1) is 5.82 Å². The molecular weight excluding hydrogens is 227 g/mol. The molecule has 1 aromatic heterocycles. The number of nitrogens with zero attached hydrogens (tertiary/aromatic N) is 1. The van der Waals surface area contributed by atoms with Gasteiger partial charge in [-0.15, -0.1) is 0 Å². The summed E-state index contributed by atoms with van der Waals surface area (Å²) in [5.41, 5.74) is -1.04. The zero-order valence-electron chi connectivity index (χ0n) is 9.11. The fourth-order valence-corrected chi connectivity index (χ4v) is 1.66. The summed E-state index contributed by atoms with van der Waals surface area (Å²) in [7, 11) is 0. The molecule has 0 radical (unpaired) electrons. The number of aromatic amines is 1. The first kappa shape index (κ1) is 11.5. The van der Waals surface area contributed by atoms with Gasteiger partial charge in [0, 0.05) is 0 Å². The Hall–Kier alpha value is -1.95. The molecule has 0 amide bonds. The summed E-state index contributed by atoms with van der Waals surface area (Å²) in [6, 6.07) is 3.54. The van der Waals surface area contributed by atoms with Crippen molar-refractivity contribution in [1.82, 2.24) is 9.55 Å². The number of aliphatic hydroxyl groups excluding tert-OH is 1. The van der Waals surface area contributed by atoms with Gasteiger partial charge in [0.05, 0.1) is 23.6 Å². The molecule has 2 N–H and O–H groups in total. The van der Waals surface area contributed by atoms with E-state index in [0.717, 1.165) is 16.7 Å². The van der Waals surface area contributed by atoms with Gasteiger partial charge in [0.15, 0.2) is 0 Å². The van der Waals surface area contributed by atoms with Crippen molar-refractivity contribution < 1.29 is 9.50 Å². The molecule has 90 valence electrons. The highest BCUT2D eigenvalue weighted by Crippen LogP contribution is 2.07. The van der Waals surface area contributed by atoms with Gasteiger partial charge in [-0.3, -0.25) is 9.36 Å². The third-order valence-corrected chi connectivity index (χ3v) is 2.39. The number of nitrogens with one attached hydrogen (secondary N) is 1. The average molecular weight is 238 g/mol. The lowest BCUT2D eigenvalue weighted by atomic mass is 10.2. The quantitative estimate of drug-likeness (QED) is 0.785. The monoisotopic (exact) mass is 238 g/mol. The van der Waals surface area contributed by atoms with Crippen LogP contribution in [-0.2, 0) is 6.54 Å². The van der Waals surface area contributed by atoms with E-state index in [4.69, 9.17) is 0 Å². The maximum atomic E-state index is 12.9. The van der Waals surface area contributed by atoms with Crippen molar-refractivity contribution in [2.75, 3.05) is 0 Å². The molecule has 1 atom stereocenters. The third-order valence-electron chi connectivity index (χ3n) is 2.39. The van der Waals surface area contributed by atoms with Gasteiger partial charge in [-0.05, 0) is 25.1 Å². The summed E-state index contributed by atoms with van der Waals surface area (Å²) in [6.45, 7) is 1.38. The van der Waals surface area contributed by atoms with E-state index in [-0.39, 0.29) is 17.4 Å². The summed E-state index contributed by atoms with van der Waals surface area (Å²) in [6.07, 6.45) is -0.813. The maximum absolute atomic E-state index is 12.9. The highest BCUT2D eigenvalue weighted by Gasteiger charge is 2.09. The molecule has 0 fully saturated rings. The van der Waals surface area contributed by atoms with Crippen LogP contribution in [-0.4, -0.2) is 20.8 Å². The average Bonchev–Trinajstić information content (AvgIpc) is 2.23. The molecule has 0 aliphatic heterocycles. The van der Waals surface area contributed by atoms with Crippen LogP contribution in [0.2, 0.25) is 0 Å². The highest BCUT2D eigenvalue weighted by atomic mass is 19.1. The predicted molar refractivity (Wildman–Crippen MR) is 60.5 cm³/mol. The van der Waals surface area contributed by atoms with Crippen LogP contribution in [0.3, 0.4) is 0 Å². The van der Waals surface area contributed by atoms with Gasteiger partial charge in [0.25, 0.3) is 5.56 Å². The molecule has 1 aromatic carbocycles. The van der Waals surface area contributed by atoms with E-state index in [1.54, 1.807) is 0 Å². The first-order valence-electron chi connectivity index (χ1n) is 5.09. The molecule has 0 spiro atoms. The van der Waals surface area contributed by atoms with Crippen molar-refractivity contribution in [3.63, 3.8) is 0 Å². The molecule has 0 aliphatic rings. The second-order valence-corrected chi connectivity index (χ2v) is 3.88. The summed E-state index contributed by atoms with van der Waals surface area (Å²) < 4.78 is 13.8. The molecule has 6 heteroatoms. The van der Waals surface area contributed by atoms with Gasteiger partial charge in [0.1, 0.15) is 5.82 Å². The first-order valence-corrected chi connectivity index (χ1v) is 5.09. The van der Waals surface area contributed by atoms with Crippen LogP contribution in [0.5, 0.6) is 0 Å². The fourth-order valence-electron chi connectivity index (χ4n) is 1.66. The highest BCUT2D eigenvalue weighted by molar-refractivity contribution is 5.77. The lowest BCUT2D eigenvalue weighted by molar-refractivity contribution is 0.170. The number of hydrogen-bond acceptors (Lipinski definition) is 3. The molecule has 17 heavy (non-hydrogen) atoms. The summed E-state index contributed by atoms with van der Waals surface area (Å²) >= 11 is 0. The maximum Gasteiger partial charge on any atom is 0.328 e. The number of hydrogen-bond donors (Lipinski definition) is 2. The standard InChI is InChI=1S/C11H11FN2O3/c1-6(15)5-14-10(16)8-3-2-7(12)4-9(8)13-11(14)17/h2-4,6,15H,5H2,1H3,(H,13,17). The van der Waals surface area contributed by atoms with E-state index in [0.29, 0.717) is 0 Å². The molecule has 5 nitrogen and oxygen atoms in total. The Morgan fingerprint density at radius 3 is 2.82 bits per heavy atom. The molecule has 2 aromatic rings. The number of fused-ring (bicyclic) bond motifs is 1. The van der Waals surface area contributed by atoms with Crippen LogP contribution in [0.15, 0.2) is 27.8 Å². The smallest absolute Gasteiger partial charge is 0.328 e. The van der Waals surface area contributed by atoms with Gasteiger partial charge in [-0.25, -0.2) is 9.18 Å². The van der Waals surface area contributed by atoms with Crippen molar-refractivity contribution in [2.45, 2.75) is 19.6 Å². The Bertz CT molecular complexity index is 672. The van der Waals surface area contributed by atoms with Gasteiger partial charge in [-0.2, -0.15) is 0 Å². The second kappa shape index (κ2) is 4.14. The topological polar surface area (TPSA) is 75.1 Å². The molecular formula is C11H11FN2O3. The first-order chi connectivity index (χ1) is 7.99. The van der Waals surface area contributed by atoms with E-state index in [1.165, 1.54) is 13.0 Å². The van der Waals surface area contributed by atoms with E-state index < -0.39 is 23.2 Å². The summed E-state index contributed by atoms with van der Waals surface area (Å²) in [5.74, 6) is -0.527. The molecule has 1 heterocycles. The lowest BCUT2D eigenvalue weighted by Gasteiger charge is -2.07. The Kier molecular flexibility index (Phi) is 2.81. The fraction of sp³-hybridized carbons (Fsp3) is 0.273. The molecule has 1 unspecified atom stereocenters. The second-order valence-electron chi connectivity index (χ2n) is 3.88. The Labute approximate surface area is 95.1 Å². The van der Waals surface area contributed by atoms with Crippen molar-refractivity contribution in [3.05, 3.63) is 44.9 Å². The lowest BCUT2D eigenvalue weighted by Crippen LogP contribution is -2.37. The van der Waals surface area contributed by atoms with Crippen molar-refractivity contribution >= 4 is 10.9 Å². The molecule has 2 rings (SSSR count). The van der Waals surface area contributed by atoms with Crippen LogP contribution >= 0.6 is 0 Å². The molecule has 0 saturated heterocycles. The molecule has 0 bridgehead atoms. The van der Waals surface area contributed by atoms with Crippen LogP contribution in [0.1, 0.15) is 6.92 Å². The van der Waals surface area contributed by atoms with Crippen LogP contribution in [0.4, 0.5) is 4.39 Å². The number of benzene rings is 1. The molecule has 0 aliphatic carbocycles. The van der Waals surface area contributed by atoms with Gasteiger partial charge >= 0.3 is 5.69 Å². The van der Waals surface area contributed by atoms with Crippen molar-refractivity contribution in [3.8, 4) is 0 Å². The zero-order valence-corrected chi connectivity index (χ0v) is 9.11. The number of rotatable bonds is 2. The number of H-pyrrole nitrogens is 1. The van der Waals surface area contributed by atoms with Gasteiger partial charge in [0.2, 0.25) is 0 Å². The zero-order chi connectivity index (χ0) is 12.6. The van der Waals surface area contributed by atoms with E-state index in [9.17, 15) is 19.1 Å². The normalized spacial score (nSPS) is 12.9. The van der Waals surface area contributed by atoms with E-state index in [1.807, 2.05) is 0 Å². The van der Waals surface area contributed by atoms with Crippen LogP contribution < -0.4 is 11.2 Å². The summed E-state index contributed by atoms with van der Waals surface area (Å²) in [4.78, 5) is 25.9. The minimum absolute atomic E-state index is 0.0958. The number of halogens is 1. The number of aliphatic hydroxyl groups is 1. The largest absolute Gasteiger partial charge is 0.392 e. The third kappa shape index (κ3) is 2.12.